The average Bonchev–Trinajstić information content (AvgIpc) is 3.02. The van der Waals surface area contributed by atoms with E-state index in [-0.39, 0.29) is 0 Å². The van der Waals surface area contributed by atoms with E-state index in [1.54, 1.807) is 30.1 Å². The lowest BCUT2D eigenvalue weighted by Crippen LogP contribution is -2.59. The van der Waals surface area contributed by atoms with E-state index in [0.29, 0.717) is 17.6 Å². The predicted molar refractivity (Wildman–Crippen MR) is 88.6 cm³/mol. The highest BCUT2D eigenvalue weighted by Crippen LogP contribution is 2.31. The van der Waals surface area contributed by atoms with Gasteiger partial charge in [0.15, 0.2) is 11.5 Å². The zero-order valence-electron chi connectivity index (χ0n) is 12.4. The van der Waals surface area contributed by atoms with Gasteiger partial charge >= 0.3 is 0 Å². The van der Waals surface area contributed by atoms with Crippen molar-refractivity contribution in [2.24, 2.45) is 0 Å². The Morgan fingerprint density at radius 3 is 2.91 bits per heavy atom. The molecule has 0 aliphatic carbocycles. The Hall–Kier alpha value is -2.79. The van der Waals surface area contributed by atoms with Crippen LogP contribution in [0.5, 0.6) is 0 Å². The van der Waals surface area contributed by atoms with E-state index in [4.69, 9.17) is 5.26 Å². The van der Waals surface area contributed by atoms with Crippen molar-refractivity contribution in [1.29, 1.82) is 5.26 Å². The summed E-state index contributed by atoms with van der Waals surface area (Å²) in [6.07, 6.45) is 4.76. The van der Waals surface area contributed by atoms with E-state index in [0.717, 1.165) is 29.1 Å². The number of fused-ring (bicyclic) bond motifs is 1. The molecule has 4 heterocycles. The zero-order valence-corrected chi connectivity index (χ0v) is 13.2. The molecule has 1 saturated heterocycles. The van der Waals surface area contributed by atoms with Gasteiger partial charge in [0.1, 0.15) is 18.2 Å². The molecule has 0 atom stereocenters. The van der Waals surface area contributed by atoms with Crippen LogP contribution in [0, 0.1) is 11.3 Å². The molecule has 1 aliphatic heterocycles. The fourth-order valence-electron chi connectivity index (χ4n) is 2.71. The van der Waals surface area contributed by atoms with Gasteiger partial charge in [-0.15, -0.1) is 11.3 Å². The summed E-state index contributed by atoms with van der Waals surface area (Å²) in [5.41, 5.74) is 1.35. The van der Waals surface area contributed by atoms with Crippen LogP contribution in [0.1, 0.15) is 5.69 Å². The molecule has 0 spiro atoms. The lowest BCUT2D eigenvalue weighted by atomic mass is 10.1. The van der Waals surface area contributed by atoms with Gasteiger partial charge in [-0.1, -0.05) is 0 Å². The van der Waals surface area contributed by atoms with Crippen LogP contribution in [0.4, 0.5) is 11.6 Å². The van der Waals surface area contributed by atoms with E-state index in [2.05, 4.69) is 35.8 Å². The Kier molecular flexibility index (Phi) is 3.28. The van der Waals surface area contributed by atoms with Gasteiger partial charge in [0, 0.05) is 32.5 Å². The van der Waals surface area contributed by atoms with E-state index in [9.17, 15) is 0 Å². The highest BCUT2D eigenvalue weighted by Gasteiger charge is 2.33. The molecule has 8 heteroatoms. The van der Waals surface area contributed by atoms with Crippen LogP contribution in [-0.4, -0.2) is 46.1 Å². The number of anilines is 2. The highest BCUT2D eigenvalue weighted by molar-refractivity contribution is 7.17. The number of nitriles is 1. The quantitative estimate of drug-likeness (QED) is 0.725. The van der Waals surface area contributed by atoms with Gasteiger partial charge in [-0.05, 0) is 11.4 Å². The Morgan fingerprint density at radius 1 is 1.26 bits per heavy atom. The van der Waals surface area contributed by atoms with Crippen molar-refractivity contribution in [3.8, 4) is 6.07 Å². The van der Waals surface area contributed by atoms with Gasteiger partial charge in [0.2, 0.25) is 0 Å². The molecule has 0 amide bonds. The van der Waals surface area contributed by atoms with Crippen molar-refractivity contribution in [3.63, 3.8) is 0 Å². The first-order valence-corrected chi connectivity index (χ1v) is 8.03. The topological polar surface area (TPSA) is 81.8 Å². The van der Waals surface area contributed by atoms with Crippen molar-refractivity contribution in [2.75, 3.05) is 29.9 Å². The van der Waals surface area contributed by atoms with Crippen LogP contribution in [0.25, 0.3) is 10.2 Å². The molecule has 0 unspecified atom stereocenters. The molecule has 0 radical (unpaired) electrons. The lowest BCUT2D eigenvalue weighted by Gasteiger charge is -2.45. The summed E-state index contributed by atoms with van der Waals surface area (Å²) in [5.74, 6) is 1.61. The standard InChI is InChI=1S/C15H13N7S/c1-21(15-13-11(2-5-23-13)19-9-20-15)10-7-22(8-10)14-12(6-16)17-3-4-18-14/h2-5,9-10H,7-8H2,1H3. The van der Waals surface area contributed by atoms with Crippen LogP contribution >= 0.6 is 11.3 Å². The Bertz CT molecular complexity index is 894. The van der Waals surface area contributed by atoms with Crippen LogP contribution in [0.2, 0.25) is 0 Å². The van der Waals surface area contributed by atoms with Gasteiger partial charge in [0.25, 0.3) is 0 Å². The number of rotatable bonds is 3. The molecular weight excluding hydrogens is 310 g/mol. The molecule has 1 fully saturated rings. The van der Waals surface area contributed by atoms with Gasteiger partial charge < -0.3 is 9.80 Å². The lowest BCUT2D eigenvalue weighted by molar-refractivity contribution is 0.489. The van der Waals surface area contributed by atoms with Crippen LogP contribution in [-0.2, 0) is 0 Å². The normalized spacial score (nSPS) is 14.5. The SMILES string of the molecule is CN(c1ncnc2ccsc12)C1CN(c2nccnc2C#N)C1. The third kappa shape index (κ3) is 2.26. The van der Waals surface area contributed by atoms with Crippen molar-refractivity contribution in [3.05, 3.63) is 35.9 Å². The van der Waals surface area contributed by atoms with E-state index in [1.165, 1.54) is 0 Å². The molecule has 23 heavy (non-hydrogen) atoms. The molecule has 0 bridgehead atoms. The summed E-state index contributed by atoms with van der Waals surface area (Å²) >= 11 is 1.65. The van der Waals surface area contributed by atoms with Gasteiger partial charge in [-0.2, -0.15) is 5.26 Å². The second kappa shape index (κ2) is 5.44. The molecule has 7 nitrogen and oxygen atoms in total. The van der Waals surface area contributed by atoms with Crippen LogP contribution < -0.4 is 9.80 Å². The van der Waals surface area contributed by atoms with Crippen molar-refractivity contribution >= 4 is 33.2 Å². The molecule has 1 aliphatic rings. The third-order valence-electron chi connectivity index (χ3n) is 4.05. The maximum absolute atomic E-state index is 9.13. The molecule has 0 N–H and O–H groups in total. The molecule has 4 rings (SSSR count). The Labute approximate surface area is 136 Å². The molecule has 0 aromatic carbocycles. The number of aromatic nitrogens is 4. The Balaban J connectivity index is 1.54. The van der Waals surface area contributed by atoms with Gasteiger partial charge in [0.05, 0.1) is 16.3 Å². The van der Waals surface area contributed by atoms with E-state index in [1.807, 2.05) is 18.5 Å². The molecular formula is C15H13N7S. The molecule has 3 aromatic rings. The number of nitrogens with zero attached hydrogens (tertiary/aromatic N) is 7. The zero-order chi connectivity index (χ0) is 15.8. The largest absolute Gasteiger partial charge is 0.352 e. The van der Waals surface area contributed by atoms with E-state index < -0.39 is 0 Å². The van der Waals surface area contributed by atoms with Crippen molar-refractivity contribution in [2.45, 2.75) is 6.04 Å². The summed E-state index contributed by atoms with van der Waals surface area (Å²) in [6, 6.07) is 4.42. The fourth-order valence-corrected chi connectivity index (χ4v) is 3.59. The van der Waals surface area contributed by atoms with E-state index >= 15 is 0 Å². The first kappa shape index (κ1) is 13.8. The molecule has 0 saturated carbocycles. The minimum atomic E-state index is 0.323. The Morgan fingerprint density at radius 2 is 2.09 bits per heavy atom. The maximum atomic E-state index is 9.13. The molecule has 3 aromatic heterocycles. The van der Waals surface area contributed by atoms with Crippen LogP contribution in [0.15, 0.2) is 30.2 Å². The molecule has 114 valence electrons. The number of hydrogen-bond donors (Lipinski definition) is 0. The summed E-state index contributed by atoms with van der Waals surface area (Å²) in [4.78, 5) is 21.3. The fraction of sp³-hybridized carbons (Fsp3) is 0.267. The minimum Gasteiger partial charge on any atom is -0.352 e. The first-order chi connectivity index (χ1) is 11.3. The highest BCUT2D eigenvalue weighted by atomic mass is 32.1. The monoisotopic (exact) mass is 323 g/mol. The average molecular weight is 323 g/mol. The number of hydrogen-bond acceptors (Lipinski definition) is 8. The summed E-state index contributed by atoms with van der Waals surface area (Å²) in [5, 5.41) is 11.2. The van der Waals surface area contributed by atoms with Gasteiger partial charge in [-0.3, -0.25) is 0 Å². The third-order valence-corrected chi connectivity index (χ3v) is 4.95. The van der Waals surface area contributed by atoms with Crippen LogP contribution in [0.3, 0.4) is 0 Å². The number of thiophene rings is 1. The second-order valence-electron chi connectivity index (χ2n) is 5.34. The summed E-state index contributed by atoms with van der Waals surface area (Å²) < 4.78 is 1.10. The van der Waals surface area contributed by atoms with Crippen molar-refractivity contribution in [1.82, 2.24) is 19.9 Å². The number of likely N-dealkylation sites (N-methyl/N-ethyl adjacent to an activating group) is 1. The summed E-state index contributed by atoms with van der Waals surface area (Å²) in [6.45, 7) is 1.58. The summed E-state index contributed by atoms with van der Waals surface area (Å²) in [7, 11) is 2.05. The smallest absolute Gasteiger partial charge is 0.183 e. The predicted octanol–water partition coefficient (Wildman–Crippen LogP) is 1.68. The maximum Gasteiger partial charge on any atom is 0.183 e. The van der Waals surface area contributed by atoms with Crippen molar-refractivity contribution < 1.29 is 0 Å². The van der Waals surface area contributed by atoms with Gasteiger partial charge in [-0.25, -0.2) is 19.9 Å². The second-order valence-corrected chi connectivity index (χ2v) is 6.26. The minimum absolute atomic E-state index is 0.323. The first-order valence-electron chi connectivity index (χ1n) is 7.15.